The normalized spacial score (nSPS) is 24.1. The fraction of sp³-hybridized carbons (Fsp3) is 0.556. The van der Waals surface area contributed by atoms with Crippen LogP contribution in [0.5, 0.6) is 0 Å². The topological polar surface area (TPSA) is 52.6 Å². The van der Waals surface area contributed by atoms with Gasteiger partial charge in [-0.1, -0.05) is 18.2 Å². The van der Waals surface area contributed by atoms with Gasteiger partial charge in [0.15, 0.2) is 0 Å². The Morgan fingerprint density at radius 3 is 2.70 bits per heavy atom. The Kier molecular flexibility index (Phi) is 4.04. The fourth-order valence-corrected chi connectivity index (χ4v) is 3.70. The lowest BCUT2D eigenvalue weighted by Crippen LogP contribution is -2.43. The van der Waals surface area contributed by atoms with Gasteiger partial charge in [-0.15, -0.1) is 0 Å². The average Bonchev–Trinajstić information content (AvgIpc) is 3.03. The van der Waals surface area contributed by atoms with E-state index in [1.165, 1.54) is 0 Å². The predicted octanol–water partition coefficient (Wildman–Crippen LogP) is 2.54. The van der Waals surface area contributed by atoms with Crippen LogP contribution >= 0.6 is 0 Å². The Hall–Kier alpha value is -2.04. The van der Waals surface area contributed by atoms with E-state index in [9.17, 15) is 9.59 Å². The number of urea groups is 1. The minimum atomic E-state index is -0.0896. The molecular weight excluding hydrogens is 290 g/mol. The van der Waals surface area contributed by atoms with E-state index in [-0.39, 0.29) is 23.4 Å². The molecule has 2 aliphatic rings. The van der Waals surface area contributed by atoms with Gasteiger partial charge in [-0.2, -0.15) is 0 Å². The van der Waals surface area contributed by atoms with Gasteiger partial charge in [-0.05, 0) is 38.8 Å². The highest BCUT2D eigenvalue weighted by molar-refractivity contribution is 5.97. The van der Waals surface area contributed by atoms with E-state index < -0.39 is 0 Å². The van der Waals surface area contributed by atoms with E-state index in [1.807, 2.05) is 54.8 Å². The molecule has 1 aromatic carbocycles. The van der Waals surface area contributed by atoms with Crippen molar-refractivity contribution in [3.05, 3.63) is 29.8 Å². The lowest BCUT2D eigenvalue weighted by atomic mass is 9.86. The summed E-state index contributed by atoms with van der Waals surface area (Å²) in [6.45, 7) is 8.06. The van der Waals surface area contributed by atoms with Crippen LogP contribution in [0.15, 0.2) is 24.3 Å². The van der Waals surface area contributed by atoms with Crippen molar-refractivity contribution in [2.24, 2.45) is 5.41 Å². The van der Waals surface area contributed by atoms with Gasteiger partial charge in [-0.3, -0.25) is 4.79 Å². The molecular formula is C18H25N3O2. The summed E-state index contributed by atoms with van der Waals surface area (Å²) in [5.74, 6) is 0.172. The van der Waals surface area contributed by atoms with Gasteiger partial charge in [0.2, 0.25) is 5.91 Å². The number of amides is 3. The summed E-state index contributed by atoms with van der Waals surface area (Å²) >= 11 is 0. The molecule has 124 valence electrons. The number of rotatable bonds is 2. The maximum atomic E-state index is 12.5. The van der Waals surface area contributed by atoms with Crippen LogP contribution in [0, 0.1) is 12.3 Å². The smallest absolute Gasteiger partial charge is 0.317 e. The zero-order valence-electron chi connectivity index (χ0n) is 14.1. The predicted molar refractivity (Wildman–Crippen MR) is 90.4 cm³/mol. The van der Waals surface area contributed by atoms with Crippen LogP contribution in [-0.4, -0.2) is 42.5 Å². The lowest BCUT2D eigenvalue weighted by molar-refractivity contribution is -0.117. The van der Waals surface area contributed by atoms with E-state index in [0.29, 0.717) is 19.5 Å². The Morgan fingerprint density at radius 1 is 1.26 bits per heavy atom. The minimum Gasteiger partial charge on any atom is -0.336 e. The van der Waals surface area contributed by atoms with Gasteiger partial charge in [0.1, 0.15) is 0 Å². The van der Waals surface area contributed by atoms with Gasteiger partial charge in [-0.25, -0.2) is 4.79 Å². The van der Waals surface area contributed by atoms with E-state index in [1.54, 1.807) is 0 Å². The lowest BCUT2D eigenvalue weighted by Gasteiger charge is -2.25. The summed E-state index contributed by atoms with van der Waals surface area (Å²) in [5, 5.41) is 2.94. The Morgan fingerprint density at radius 2 is 2.00 bits per heavy atom. The highest BCUT2D eigenvalue weighted by atomic mass is 16.2. The van der Waals surface area contributed by atoms with Gasteiger partial charge < -0.3 is 15.1 Å². The number of nitrogens with one attached hydrogen (secondary N) is 1. The average molecular weight is 315 g/mol. The molecule has 0 saturated carbocycles. The van der Waals surface area contributed by atoms with E-state index >= 15 is 0 Å². The molecule has 2 aliphatic heterocycles. The highest BCUT2D eigenvalue weighted by Crippen LogP contribution is 2.42. The number of benzene rings is 1. The molecule has 0 bridgehead atoms. The molecule has 1 atom stereocenters. The van der Waals surface area contributed by atoms with Crippen LogP contribution < -0.4 is 10.2 Å². The number of likely N-dealkylation sites (tertiary alicyclic amines) is 1. The molecule has 2 saturated heterocycles. The summed E-state index contributed by atoms with van der Waals surface area (Å²) in [5.41, 5.74) is 2.03. The van der Waals surface area contributed by atoms with Crippen molar-refractivity contribution in [1.82, 2.24) is 10.2 Å². The molecule has 3 rings (SSSR count). The van der Waals surface area contributed by atoms with Crippen molar-refractivity contribution in [2.45, 2.75) is 39.7 Å². The van der Waals surface area contributed by atoms with Crippen molar-refractivity contribution < 1.29 is 9.59 Å². The second kappa shape index (κ2) is 5.87. The third-order valence-corrected chi connectivity index (χ3v) is 4.86. The fourth-order valence-electron chi connectivity index (χ4n) is 3.70. The number of hydrogen-bond acceptors (Lipinski definition) is 2. The van der Waals surface area contributed by atoms with Crippen molar-refractivity contribution in [3.63, 3.8) is 0 Å². The first-order valence-electron chi connectivity index (χ1n) is 8.32. The number of carbonyl (C=O) groups excluding carboxylic acids is 2. The summed E-state index contributed by atoms with van der Waals surface area (Å²) in [6, 6.07) is 8.11. The van der Waals surface area contributed by atoms with Crippen LogP contribution in [0.3, 0.4) is 0 Å². The van der Waals surface area contributed by atoms with Crippen LogP contribution in [0.4, 0.5) is 10.5 Å². The zero-order chi connectivity index (χ0) is 16.6. The van der Waals surface area contributed by atoms with Gasteiger partial charge in [0.25, 0.3) is 0 Å². The highest BCUT2D eigenvalue weighted by Gasteiger charge is 2.49. The number of hydrogen-bond donors (Lipinski definition) is 1. The first-order chi connectivity index (χ1) is 10.9. The number of aryl methyl sites for hydroxylation is 1. The van der Waals surface area contributed by atoms with Crippen molar-refractivity contribution in [3.8, 4) is 0 Å². The Balaban J connectivity index is 1.73. The number of anilines is 1. The Bertz CT molecular complexity index is 628. The minimum absolute atomic E-state index is 0.0151. The van der Waals surface area contributed by atoms with E-state index in [4.69, 9.17) is 0 Å². The zero-order valence-corrected chi connectivity index (χ0v) is 14.1. The van der Waals surface area contributed by atoms with E-state index in [0.717, 1.165) is 24.2 Å². The van der Waals surface area contributed by atoms with Crippen LogP contribution in [0.25, 0.3) is 0 Å². The van der Waals surface area contributed by atoms with Crippen LogP contribution in [0.2, 0.25) is 0 Å². The van der Waals surface area contributed by atoms with Gasteiger partial charge in [0, 0.05) is 43.2 Å². The van der Waals surface area contributed by atoms with Crippen LogP contribution in [0.1, 0.15) is 32.3 Å². The molecule has 0 aromatic heterocycles. The molecule has 1 N–H and O–H groups in total. The third kappa shape index (κ3) is 3.05. The molecule has 5 heteroatoms. The molecule has 0 unspecified atom stereocenters. The summed E-state index contributed by atoms with van der Waals surface area (Å²) in [6.07, 6.45) is 1.43. The molecule has 3 amide bonds. The maximum absolute atomic E-state index is 12.5. The van der Waals surface area contributed by atoms with Gasteiger partial charge in [0.05, 0.1) is 0 Å². The maximum Gasteiger partial charge on any atom is 0.317 e. The number of carbonyl (C=O) groups is 2. The first-order valence-corrected chi connectivity index (χ1v) is 8.32. The second-order valence-corrected chi connectivity index (χ2v) is 7.22. The first kappa shape index (κ1) is 15.8. The summed E-state index contributed by atoms with van der Waals surface area (Å²) in [4.78, 5) is 28.5. The molecule has 1 spiro atoms. The van der Waals surface area contributed by atoms with Crippen molar-refractivity contribution in [2.75, 3.05) is 24.5 Å². The monoisotopic (exact) mass is 315 g/mol. The number of nitrogens with zero attached hydrogens (tertiary/aromatic N) is 2. The summed E-state index contributed by atoms with van der Waals surface area (Å²) in [7, 11) is 0. The summed E-state index contributed by atoms with van der Waals surface area (Å²) < 4.78 is 0. The number of para-hydroxylation sites is 1. The molecule has 23 heavy (non-hydrogen) atoms. The van der Waals surface area contributed by atoms with Crippen LogP contribution in [-0.2, 0) is 4.79 Å². The molecule has 1 aromatic rings. The molecule has 0 radical (unpaired) electrons. The SMILES string of the molecule is Cc1ccccc1N1C[C@@]2(CCN(C(=O)NC(C)C)C2)CC1=O. The van der Waals surface area contributed by atoms with Crippen molar-refractivity contribution in [1.29, 1.82) is 0 Å². The van der Waals surface area contributed by atoms with E-state index in [2.05, 4.69) is 5.32 Å². The van der Waals surface area contributed by atoms with Gasteiger partial charge >= 0.3 is 6.03 Å². The Labute approximate surface area is 137 Å². The third-order valence-electron chi connectivity index (χ3n) is 4.86. The molecule has 2 fully saturated rings. The molecule has 2 heterocycles. The standard InChI is InChI=1S/C18H25N3O2/c1-13(2)19-17(23)20-9-8-18(11-20)10-16(22)21(12-18)15-7-5-4-6-14(15)3/h4-7,13H,8-12H2,1-3H3,(H,19,23)/t18-/m0/s1. The van der Waals surface area contributed by atoms with Crippen molar-refractivity contribution >= 4 is 17.6 Å². The largest absolute Gasteiger partial charge is 0.336 e. The molecule has 0 aliphatic carbocycles. The molecule has 5 nitrogen and oxygen atoms in total. The quantitative estimate of drug-likeness (QED) is 0.912. The second-order valence-electron chi connectivity index (χ2n) is 7.22.